The zero-order chi connectivity index (χ0) is 20.9. The Balaban J connectivity index is 1.50. The zero-order valence-electron chi connectivity index (χ0n) is 17.9. The average Bonchev–Trinajstić information content (AvgIpc) is 3.12. The second kappa shape index (κ2) is 9.04. The maximum absolute atomic E-state index is 6.09. The fraction of sp³-hybridized carbons (Fsp3) is 0.269. The highest BCUT2D eigenvalue weighted by Gasteiger charge is 2.12. The molecule has 154 valence electrons. The van der Waals surface area contributed by atoms with Crippen molar-refractivity contribution in [2.24, 2.45) is 0 Å². The minimum absolute atomic E-state index is 0.420. The molecule has 0 spiro atoms. The van der Waals surface area contributed by atoms with Crippen molar-refractivity contribution in [2.75, 3.05) is 6.61 Å². The molecule has 0 amide bonds. The monoisotopic (exact) mass is 400 g/mol. The van der Waals surface area contributed by atoms with Crippen molar-refractivity contribution in [1.29, 1.82) is 0 Å². The van der Waals surface area contributed by atoms with Gasteiger partial charge in [-0.2, -0.15) is 0 Å². The van der Waals surface area contributed by atoms with Gasteiger partial charge in [0.05, 0.1) is 17.6 Å². The molecule has 0 bridgehead atoms. The molecule has 0 N–H and O–H groups in total. The Bertz CT molecular complexity index is 1130. The lowest BCUT2D eigenvalue weighted by atomic mass is 10.1. The van der Waals surface area contributed by atoms with Crippen molar-refractivity contribution >= 4 is 11.0 Å². The molecule has 0 saturated heterocycles. The van der Waals surface area contributed by atoms with Crippen LogP contribution in [0, 0.1) is 13.8 Å². The van der Waals surface area contributed by atoms with Gasteiger partial charge in [-0.15, -0.1) is 0 Å². The van der Waals surface area contributed by atoms with E-state index in [1.165, 1.54) is 11.1 Å². The number of ether oxygens (including phenoxy) is 2. The van der Waals surface area contributed by atoms with E-state index in [4.69, 9.17) is 14.5 Å². The molecule has 1 heterocycles. The van der Waals surface area contributed by atoms with E-state index in [0.717, 1.165) is 40.3 Å². The van der Waals surface area contributed by atoms with Crippen molar-refractivity contribution in [3.63, 3.8) is 0 Å². The maximum atomic E-state index is 6.09. The summed E-state index contributed by atoms with van der Waals surface area (Å²) < 4.78 is 14.3. The van der Waals surface area contributed by atoms with Gasteiger partial charge in [-0.1, -0.05) is 43.3 Å². The number of aromatic nitrogens is 2. The highest BCUT2D eigenvalue weighted by atomic mass is 16.5. The number of imidazole rings is 1. The summed E-state index contributed by atoms with van der Waals surface area (Å²) in [5, 5.41) is 0. The quantitative estimate of drug-likeness (QED) is 0.371. The topological polar surface area (TPSA) is 36.3 Å². The average molecular weight is 401 g/mol. The van der Waals surface area contributed by atoms with Crippen LogP contribution in [0.4, 0.5) is 0 Å². The van der Waals surface area contributed by atoms with Crippen molar-refractivity contribution in [2.45, 2.75) is 40.3 Å². The zero-order valence-corrected chi connectivity index (χ0v) is 17.9. The van der Waals surface area contributed by atoms with Crippen LogP contribution in [0.25, 0.3) is 11.0 Å². The number of nitrogens with zero attached hydrogens (tertiary/aromatic N) is 2. The molecule has 4 aromatic rings. The first-order valence-corrected chi connectivity index (χ1v) is 10.5. The molecule has 30 heavy (non-hydrogen) atoms. The molecule has 0 aliphatic heterocycles. The summed E-state index contributed by atoms with van der Waals surface area (Å²) in [5.41, 5.74) is 5.73. The van der Waals surface area contributed by atoms with Gasteiger partial charge in [-0.25, -0.2) is 4.98 Å². The molecule has 0 unspecified atom stereocenters. The standard InChI is InChI=1S/C26H28N2O2/c1-4-21-11-13-22(14-12-21)30-18-26-27-23-7-5-6-8-24(23)28(26)15-16-29-25-17-19(2)9-10-20(25)3/h5-14,17H,4,15-16,18H2,1-3H3. The van der Waals surface area contributed by atoms with Crippen LogP contribution in [-0.2, 0) is 19.6 Å². The molecule has 0 atom stereocenters. The Morgan fingerprint density at radius 3 is 2.50 bits per heavy atom. The van der Waals surface area contributed by atoms with E-state index < -0.39 is 0 Å². The summed E-state index contributed by atoms with van der Waals surface area (Å²) >= 11 is 0. The summed E-state index contributed by atoms with van der Waals surface area (Å²) in [5.74, 6) is 2.70. The minimum Gasteiger partial charge on any atom is -0.491 e. The molecule has 0 saturated carbocycles. The van der Waals surface area contributed by atoms with Gasteiger partial charge < -0.3 is 14.0 Å². The first-order valence-electron chi connectivity index (χ1n) is 10.5. The van der Waals surface area contributed by atoms with Gasteiger partial charge in [0.15, 0.2) is 0 Å². The first-order chi connectivity index (χ1) is 14.6. The third kappa shape index (κ3) is 4.48. The lowest BCUT2D eigenvalue weighted by Crippen LogP contribution is -2.13. The van der Waals surface area contributed by atoms with Crippen LogP contribution < -0.4 is 9.47 Å². The van der Waals surface area contributed by atoms with Gasteiger partial charge in [0.25, 0.3) is 0 Å². The molecule has 0 aliphatic carbocycles. The molecule has 0 fully saturated rings. The highest BCUT2D eigenvalue weighted by Crippen LogP contribution is 2.21. The number of aryl methyl sites for hydroxylation is 3. The van der Waals surface area contributed by atoms with E-state index >= 15 is 0 Å². The number of hydrogen-bond donors (Lipinski definition) is 0. The third-order valence-electron chi connectivity index (χ3n) is 5.35. The number of rotatable bonds is 8. The number of hydrogen-bond acceptors (Lipinski definition) is 3. The Kier molecular flexibility index (Phi) is 6.03. The molecular weight excluding hydrogens is 372 g/mol. The fourth-order valence-electron chi connectivity index (χ4n) is 3.56. The molecular formula is C26H28N2O2. The molecule has 0 radical (unpaired) electrons. The number of para-hydroxylation sites is 2. The molecule has 3 aromatic carbocycles. The van der Waals surface area contributed by atoms with Gasteiger partial charge in [-0.3, -0.25) is 0 Å². The number of benzene rings is 3. The lowest BCUT2D eigenvalue weighted by molar-refractivity contribution is 0.271. The van der Waals surface area contributed by atoms with Crippen LogP contribution in [-0.4, -0.2) is 16.2 Å². The summed E-state index contributed by atoms with van der Waals surface area (Å²) in [7, 11) is 0. The first kappa shape index (κ1) is 20.0. The minimum atomic E-state index is 0.420. The van der Waals surface area contributed by atoms with E-state index in [-0.39, 0.29) is 0 Å². The summed E-state index contributed by atoms with van der Waals surface area (Å²) in [6.07, 6.45) is 1.02. The normalized spacial score (nSPS) is 11.0. The highest BCUT2D eigenvalue weighted by molar-refractivity contribution is 5.75. The van der Waals surface area contributed by atoms with Crippen LogP contribution in [0.1, 0.15) is 29.4 Å². The van der Waals surface area contributed by atoms with Crippen molar-refractivity contribution in [1.82, 2.24) is 9.55 Å². The van der Waals surface area contributed by atoms with E-state index in [0.29, 0.717) is 19.8 Å². The molecule has 4 heteroatoms. The predicted octanol–water partition coefficient (Wildman–Crippen LogP) is 5.87. The molecule has 4 rings (SSSR count). The predicted molar refractivity (Wildman–Crippen MR) is 121 cm³/mol. The Morgan fingerprint density at radius 1 is 0.900 bits per heavy atom. The number of fused-ring (bicyclic) bond motifs is 1. The Labute approximate surface area is 178 Å². The second-order valence-corrected chi connectivity index (χ2v) is 7.57. The van der Waals surface area contributed by atoms with Gasteiger partial charge in [0, 0.05) is 0 Å². The third-order valence-corrected chi connectivity index (χ3v) is 5.35. The second-order valence-electron chi connectivity index (χ2n) is 7.57. The molecule has 4 nitrogen and oxygen atoms in total. The van der Waals surface area contributed by atoms with Crippen LogP contribution in [0.15, 0.2) is 66.7 Å². The van der Waals surface area contributed by atoms with Gasteiger partial charge in [0.1, 0.15) is 30.5 Å². The largest absolute Gasteiger partial charge is 0.491 e. The van der Waals surface area contributed by atoms with Crippen LogP contribution in [0.3, 0.4) is 0 Å². The van der Waals surface area contributed by atoms with Crippen molar-refractivity contribution < 1.29 is 9.47 Å². The van der Waals surface area contributed by atoms with Gasteiger partial charge in [0.2, 0.25) is 0 Å². The van der Waals surface area contributed by atoms with Gasteiger partial charge >= 0.3 is 0 Å². The summed E-state index contributed by atoms with van der Waals surface area (Å²) in [4.78, 5) is 4.80. The molecule has 1 aromatic heterocycles. The van der Waals surface area contributed by atoms with Crippen LogP contribution >= 0.6 is 0 Å². The van der Waals surface area contributed by atoms with Crippen LogP contribution in [0.5, 0.6) is 11.5 Å². The van der Waals surface area contributed by atoms with Crippen molar-refractivity contribution in [3.8, 4) is 11.5 Å². The lowest BCUT2D eigenvalue weighted by Gasteiger charge is -2.13. The Hall–Kier alpha value is -3.27. The fourth-order valence-corrected chi connectivity index (χ4v) is 3.56. The molecule has 0 aliphatic rings. The van der Waals surface area contributed by atoms with Gasteiger partial charge in [-0.05, 0) is 67.3 Å². The Morgan fingerprint density at radius 2 is 1.70 bits per heavy atom. The van der Waals surface area contributed by atoms with Crippen molar-refractivity contribution in [3.05, 3.63) is 89.2 Å². The summed E-state index contributed by atoms with van der Waals surface area (Å²) in [6.45, 7) is 8.01. The maximum Gasteiger partial charge on any atom is 0.148 e. The van der Waals surface area contributed by atoms with E-state index in [2.05, 4.69) is 61.7 Å². The summed E-state index contributed by atoms with van der Waals surface area (Å²) in [6, 6.07) is 22.7. The smallest absolute Gasteiger partial charge is 0.148 e. The van der Waals surface area contributed by atoms with E-state index in [1.807, 2.05) is 30.3 Å². The SMILES string of the molecule is CCc1ccc(OCc2nc3ccccc3n2CCOc2cc(C)ccc2C)cc1. The van der Waals surface area contributed by atoms with E-state index in [1.54, 1.807) is 0 Å². The van der Waals surface area contributed by atoms with Crippen LogP contribution in [0.2, 0.25) is 0 Å². The van der Waals surface area contributed by atoms with E-state index in [9.17, 15) is 0 Å².